The maximum atomic E-state index is 12.3. The molecule has 0 aliphatic rings. The van der Waals surface area contributed by atoms with Crippen LogP contribution in [0.5, 0.6) is 5.75 Å². The Balaban J connectivity index is 2.08. The van der Waals surface area contributed by atoms with E-state index in [0.717, 1.165) is 18.2 Å². The number of rotatable bonds is 10. The SMILES string of the molecule is NN=CNc1cccc(C(=O)NCC(=O)NC(CC(=O)O)c2cc([N+](=O)[O-])ccc2O)c1. The average Bonchev–Trinajstić information content (AvgIpc) is 2.75. The van der Waals surface area contributed by atoms with Gasteiger partial charge in [-0.05, 0) is 24.3 Å². The van der Waals surface area contributed by atoms with E-state index in [9.17, 15) is 29.6 Å². The van der Waals surface area contributed by atoms with E-state index < -0.39 is 47.5 Å². The summed E-state index contributed by atoms with van der Waals surface area (Å²) < 4.78 is 0. The van der Waals surface area contributed by atoms with Crippen molar-refractivity contribution in [1.29, 1.82) is 0 Å². The van der Waals surface area contributed by atoms with Gasteiger partial charge in [-0.2, -0.15) is 5.10 Å². The molecule has 0 bridgehead atoms. The fraction of sp³-hybridized carbons (Fsp3) is 0.158. The van der Waals surface area contributed by atoms with Crippen molar-refractivity contribution < 1.29 is 29.5 Å². The van der Waals surface area contributed by atoms with Crippen LogP contribution in [0, 0.1) is 10.1 Å². The van der Waals surface area contributed by atoms with Crippen LogP contribution < -0.4 is 21.8 Å². The molecule has 2 amide bonds. The fourth-order valence-electron chi connectivity index (χ4n) is 2.72. The summed E-state index contributed by atoms with van der Waals surface area (Å²) in [5.41, 5.74) is 0.233. The zero-order valence-electron chi connectivity index (χ0n) is 16.5. The molecule has 1 atom stereocenters. The van der Waals surface area contributed by atoms with Crippen LogP contribution in [0.3, 0.4) is 0 Å². The van der Waals surface area contributed by atoms with Crippen LogP contribution in [-0.4, -0.2) is 45.8 Å². The molecule has 7 N–H and O–H groups in total. The molecule has 0 saturated carbocycles. The number of phenols is 1. The number of carboxylic acids is 1. The molecule has 168 valence electrons. The summed E-state index contributed by atoms with van der Waals surface area (Å²) in [5.74, 6) is 1.92. The second-order valence-electron chi connectivity index (χ2n) is 6.40. The molecule has 0 aliphatic carbocycles. The number of carbonyl (C=O) groups excluding carboxylic acids is 2. The molecule has 13 nitrogen and oxygen atoms in total. The van der Waals surface area contributed by atoms with Crippen molar-refractivity contribution in [3.8, 4) is 5.75 Å². The number of phenolic OH excluding ortho intramolecular Hbond substituents is 1. The molecule has 2 aromatic carbocycles. The lowest BCUT2D eigenvalue weighted by atomic mass is 10.0. The first-order valence-corrected chi connectivity index (χ1v) is 9.06. The first-order valence-electron chi connectivity index (χ1n) is 9.06. The number of benzene rings is 2. The monoisotopic (exact) mass is 444 g/mol. The fourth-order valence-corrected chi connectivity index (χ4v) is 2.72. The van der Waals surface area contributed by atoms with Gasteiger partial charge in [-0.1, -0.05) is 6.07 Å². The van der Waals surface area contributed by atoms with Crippen LogP contribution in [0.4, 0.5) is 11.4 Å². The Morgan fingerprint density at radius 2 is 1.97 bits per heavy atom. The van der Waals surface area contributed by atoms with Crippen LogP contribution >= 0.6 is 0 Å². The lowest BCUT2D eigenvalue weighted by Gasteiger charge is -2.18. The van der Waals surface area contributed by atoms with E-state index in [4.69, 9.17) is 10.9 Å². The smallest absolute Gasteiger partial charge is 0.305 e. The highest BCUT2D eigenvalue weighted by Gasteiger charge is 2.23. The molecule has 0 aromatic heterocycles. The third-order valence-corrected chi connectivity index (χ3v) is 4.15. The first kappa shape index (κ1) is 23.6. The largest absolute Gasteiger partial charge is 0.508 e. The van der Waals surface area contributed by atoms with E-state index in [1.54, 1.807) is 12.1 Å². The molecule has 0 saturated heterocycles. The Bertz CT molecular complexity index is 1060. The van der Waals surface area contributed by atoms with Crippen molar-refractivity contribution in [2.24, 2.45) is 10.9 Å². The molecular weight excluding hydrogens is 424 g/mol. The maximum Gasteiger partial charge on any atom is 0.305 e. The van der Waals surface area contributed by atoms with Crippen molar-refractivity contribution in [2.45, 2.75) is 12.5 Å². The summed E-state index contributed by atoms with van der Waals surface area (Å²) in [7, 11) is 0. The van der Waals surface area contributed by atoms with Crippen LogP contribution in [0.2, 0.25) is 0 Å². The number of aliphatic carboxylic acids is 1. The molecule has 0 radical (unpaired) electrons. The van der Waals surface area contributed by atoms with Crippen LogP contribution in [-0.2, 0) is 9.59 Å². The van der Waals surface area contributed by atoms with Crippen molar-refractivity contribution in [3.05, 3.63) is 63.7 Å². The summed E-state index contributed by atoms with van der Waals surface area (Å²) in [5, 5.41) is 40.9. The number of hydrogen-bond donors (Lipinski definition) is 6. The molecule has 2 rings (SSSR count). The Kier molecular flexibility index (Phi) is 8.05. The number of nitro benzene ring substituents is 1. The third kappa shape index (κ3) is 6.69. The number of nitrogens with one attached hydrogen (secondary N) is 3. The second kappa shape index (κ2) is 10.9. The summed E-state index contributed by atoms with van der Waals surface area (Å²) in [4.78, 5) is 46.1. The number of anilines is 1. The number of amides is 2. The minimum atomic E-state index is -1.31. The van der Waals surface area contributed by atoms with Gasteiger partial charge < -0.3 is 32.0 Å². The molecule has 2 aromatic rings. The number of non-ortho nitro benzene ring substituents is 1. The molecule has 0 spiro atoms. The van der Waals surface area contributed by atoms with E-state index in [0.29, 0.717) is 5.69 Å². The number of nitrogens with zero attached hydrogens (tertiary/aromatic N) is 2. The normalized spacial score (nSPS) is 11.5. The van der Waals surface area contributed by atoms with Crippen molar-refractivity contribution in [1.82, 2.24) is 10.6 Å². The van der Waals surface area contributed by atoms with Gasteiger partial charge in [0.1, 0.15) is 12.1 Å². The summed E-state index contributed by atoms with van der Waals surface area (Å²) in [6, 6.07) is 8.04. The quantitative estimate of drug-likeness (QED) is 0.0998. The standard InChI is InChI=1S/C19H20N6O7/c20-23-10-22-12-3-1-2-11(6-12)19(30)21-9-17(27)24-15(8-18(28)29)14-7-13(25(31)32)4-5-16(14)26/h1-7,10,15,26H,8-9,20H2,(H,21,30)(H,22,23)(H,24,27)(H,28,29). The van der Waals surface area contributed by atoms with Gasteiger partial charge in [0.2, 0.25) is 5.91 Å². The molecule has 32 heavy (non-hydrogen) atoms. The van der Waals surface area contributed by atoms with Gasteiger partial charge in [0.15, 0.2) is 0 Å². The summed E-state index contributed by atoms with van der Waals surface area (Å²) >= 11 is 0. The number of nitro groups is 1. The number of hydrazone groups is 1. The summed E-state index contributed by atoms with van der Waals surface area (Å²) in [6.07, 6.45) is 0.571. The Morgan fingerprint density at radius 1 is 1.22 bits per heavy atom. The predicted molar refractivity (Wildman–Crippen MR) is 113 cm³/mol. The molecule has 0 aliphatic heterocycles. The van der Waals surface area contributed by atoms with Crippen LogP contribution in [0.15, 0.2) is 47.6 Å². The van der Waals surface area contributed by atoms with Crippen LogP contribution in [0.25, 0.3) is 0 Å². The van der Waals surface area contributed by atoms with Gasteiger partial charge in [0.25, 0.3) is 11.6 Å². The lowest BCUT2D eigenvalue weighted by Crippen LogP contribution is -2.39. The van der Waals surface area contributed by atoms with Gasteiger partial charge in [-0.3, -0.25) is 24.5 Å². The lowest BCUT2D eigenvalue weighted by molar-refractivity contribution is -0.385. The van der Waals surface area contributed by atoms with Gasteiger partial charge in [0.05, 0.1) is 23.9 Å². The molecule has 0 heterocycles. The zero-order valence-corrected chi connectivity index (χ0v) is 16.5. The van der Waals surface area contributed by atoms with Gasteiger partial charge in [-0.25, -0.2) is 0 Å². The van der Waals surface area contributed by atoms with Crippen molar-refractivity contribution >= 4 is 35.5 Å². The number of aromatic hydroxyl groups is 1. The first-order chi connectivity index (χ1) is 15.2. The Morgan fingerprint density at radius 3 is 2.62 bits per heavy atom. The van der Waals surface area contributed by atoms with Crippen molar-refractivity contribution in [2.75, 3.05) is 11.9 Å². The Hall–Kier alpha value is -4.68. The van der Waals surface area contributed by atoms with Gasteiger partial charge >= 0.3 is 5.97 Å². The highest BCUT2D eigenvalue weighted by molar-refractivity contribution is 5.97. The number of carboxylic acid groups (broad SMARTS) is 1. The average molecular weight is 444 g/mol. The van der Waals surface area contributed by atoms with Crippen molar-refractivity contribution in [3.63, 3.8) is 0 Å². The zero-order chi connectivity index (χ0) is 23.7. The topological polar surface area (TPSA) is 209 Å². The number of carbonyl (C=O) groups is 3. The van der Waals surface area contributed by atoms with E-state index in [1.807, 2.05) is 0 Å². The minimum Gasteiger partial charge on any atom is -0.508 e. The van der Waals surface area contributed by atoms with E-state index >= 15 is 0 Å². The minimum absolute atomic E-state index is 0.137. The third-order valence-electron chi connectivity index (χ3n) is 4.15. The molecule has 0 fully saturated rings. The molecule has 13 heteroatoms. The second-order valence-corrected chi connectivity index (χ2v) is 6.40. The van der Waals surface area contributed by atoms with E-state index in [-0.39, 0.29) is 16.8 Å². The molecule has 1 unspecified atom stereocenters. The van der Waals surface area contributed by atoms with E-state index in [1.165, 1.54) is 18.5 Å². The maximum absolute atomic E-state index is 12.3. The van der Waals surface area contributed by atoms with E-state index in [2.05, 4.69) is 21.1 Å². The molecular formula is C19H20N6O7. The highest BCUT2D eigenvalue weighted by atomic mass is 16.6. The van der Waals surface area contributed by atoms with Gasteiger partial charge in [-0.15, -0.1) is 0 Å². The number of hydrogen-bond acceptors (Lipinski definition) is 8. The highest BCUT2D eigenvalue weighted by Crippen LogP contribution is 2.30. The predicted octanol–water partition coefficient (Wildman–Crippen LogP) is 0.676. The summed E-state index contributed by atoms with van der Waals surface area (Å²) in [6.45, 7) is -0.507. The van der Waals surface area contributed by atoms with Crippen LogP contribution in [0.1, 0.15) is 28.4 Å². The van der Waals surface area contributed by atoms with Gasteiger partial charge in [0, 0.05) is 28.9 Å². The Labute approximate surface area is 181 Å². The number of nitrogens with two attached hydrogens (primary N) is 1.